The van der Waals surface area contributed by atoms with Crippen LogP contribution in [0.25, 0.3) is 0 Å². The van der Waals surface area contributed by atoms with Gasteiger partial charge in [0.25, 0.3) is 0 Å². The van der Waals surface area contributed by atoms with E-state index in [0.717, 1.165) is 22.4 Å². The van der Waals surface area contributed by atoms with Gasteiger partial charge in [0, 0.05) is 20.4 Å². The molecule has 0 N–H and O–H groups in total. The minimum absolute atomic E-state index is 0.209. The fraction of sp³-hybridized carbons (Fsp3) is 0.381. The summed E-state index contributed by atoms with van der Waals surface area (Å²) in [5.74, 6) is 1.16. The monoisotopic (exact) mass is 404 g/mol. The molecule has 2 aromatic carbocycles. The van der Waals surface area contributed by atoms with Gasteiger partial charge in [-0.1, -0.05) is 50.0 Å². The van der Waals surface area contributed by atoms with E-state index in [-0.39, 0.29) is 12.8 Å². The van der Waals surface area contributed by atoms with Gasteiger partial charge in [0.1, 0.15) is 5.75 Å². The number of carbonyl (C=O) groups excluding carboxylic acids is 1. The van der Waals surface area contributed by atoms with Crippen LogP contribution in [-0.4, -0.2) is 34.6 Å². The van der Waals surface area contributed by atoms with Crippen LogP contribution in [0.3, 0.4) is 0 Å². The van der Waals surface area contributed by atoms with Gasteiger partial charge in [0.05, 0.1) is 17.6 Å². The van der Waals surface area contributed by atoms with Crippen molar-refractivity contribution in [2.24, 2.45) is 0 Å². The van der Waals surface area contributed by atoms with Crippen molar-refractivity contribution in [3.05, 3.63) is 59.7 Å². The Morgan fingerprint density at radius 1 is 1.07 bits per heavy atom. The van der Waals surface area contributed by atoms with Crippen LogP contribution in [-0.2, 0) is 15.2 Å². The van der Waals surface area contributed by atoms with Gasteiger partial charge in [-0.25, -0.2) is 4.79 Å². The maximum absolute atomic E-state index is 11.9. The predicted octanol–water partition coefficient (Wildman–Crippen LogP) is 5.46. The lowest BCUT2D eigenvalue weighted by molar-refractivity contribution is 0.0204. The van der Waals surface area contributed by atoms with E-state index < -0.39 is 8.07 Å². The molecule has 2 aromatic rings. The number of rotatable bonds is 10. The van der Waals surface area contributed by atoms with Crippen LogP contribution in [0, 0.1) is 0 Å². The van der Waals surface area contributed by atoms with E-state index in [0.29, 0.717) is 12.2 Å². The number of hydrogen-bond acceptors (Lipinski definition) is 5. The Labute approximate surface area is 167 Å². The Morgan fingerprint density at radius 2 is 1.81 bits per heavy atom. The van der Waals surface area contributed by atoms with Crippen molar-refractivity contribution < 1.29 is 19.0 Å². The lowest BCUT2D eigenvalue weighted by Gasteiger charge is -2.16. The molecule has 27 heavy (non-hydrogen) atoms. The molecule has 0 amide bonds. The Kier molecular flexibility index (Phi) is 8.41. The van der Waals surface area contributed by atoms with Crippen LogP contribution in [0.2, 0.25) is 25.7 Å². The number of esters is 1. The molecule has 0 radical (unpaired) electrons. The Morgan fingerprint density at radius 3 is 2.48 bits per heavy atom. The quantitative estimate of drug-likeness (QED) is 0.173. The molecule has 0 bridgehead atoms. The molecule has 0 spiro atoms. The van der Waals surface area contributed by atoms with Gasteiger partial charge >= 0.3 is 5.97 Å². The van der Waals surface area contributed by atoms with Crippen LogP contribution in [0.5, 0.6) is 5.75 Å². The van der Waals surface area contributed by atoms with Crippen molar-refractivity contribution >= 4 is 25.8 Å². The molecule has 0 aromatic heterocycles. The van der Waals surface area contributed by atoms with Crippen molar-refractivity contribution in [1.29, 1.82) is 0 Å². The molecule has 0 aliphatic carbocycles. The molecule has 0 atom stereocenters. The Hall–Kier alpha value is -1.76. The number of thioether (sulfide) groups is 1. The first-order chi connectivity index (χ1) is 12.9. The zero-order valence-electron chi connectivity index (χ0n) is 16.5. The Bertz CT molecular complexity index is 729. The van der Waals surface area contributed by atoms with Gasteiger partial charge in [-0.3, -0.25) is 0 Å². The third-order valence-corrected chi connectivity index (χ3v) is 6.71. The highest BCUT2D eigenvalue weighted by Gasteiger charge is 2.14. The molecule has 0 heterocycles. The summed E-state index contributed by atoms with van der Waals surface area (Å²) in [7, 11) is 0.277. The smallest absolute Gasteiger partial charge is 0.337 e. The second-order valence-corrected chi connectivity index (χ2v) is 14.0. The number of benzene rings is 2. The summed E-state index contributed by atoms with van der Waals surface area (Å²) < 4.78 is 16.3. The molecule has 0 aliphatic heterocycles. The highest BCUT2D eigenvalue weighted by Crippen LogP contribution is 2.33. The van der Waals surface area contributed by atoms with Crippen LogP contribution < -0.4 is 4.74 Å². The largest absolute Gasteiger partial charge is 0.466 e. The second kappa shape index (κ2) is 10.5. The van der Waals surface area contributed by atoms with Gasteiger partial charge < -0.3 is 14.2 Å². The lowest BCUT2D eigenvalue weighted by Crippen LogP contribution is -2.22. The summed E-state index contributed by atoms with van der Waals surface area (Å²) in [5, 5.41) is 0. The van der Waals surface area contributed by atoms with Gasteiger partial charge in [0.15, 0.2) is 6.79 Å². The number of ether oxygens (including phenoxy) is 3. The zero-order chi connectivity index (χ0) is 19.7. The first-order valence-corrected chi connectivity index (χ1v) is 13.7. The fourth-order valence-electron chi connectivity index (χ4n) is 2.26. The normalized spacial score (nSPS) is 11.3. The summed E-state index contributed by atoms with van der Waals surface area (Å²) in [4.78, 5) is 12.7. The molecular formula is C21H28O4SSi. The molecule has 0 aliphatic rings. The fourth-order valence-corrected chi connectivity index (χ4v) is 4.01. The van der Waals surface area contributed by atoms with E-state index in [4.69, 9.17) is 14.2 Å². The summed E-state index contributed by atoms with van der Waals surface area (Å²) in [6, 6.07) is 16.6. The maximum Gasteiger partial charge on any atom is 0.337 e. The van der Waals surface area contributed by atoms with E-state index in [2.05, 4.69) is 31.8 Å². The standard InChI is InChI=1S/C21H28O4SSi/c1-23-21(22)18-10-11-19(25-16-24-12-13-27(2,3)4)20(14-18)26-15-17-8-6-5-7-9-17/h5-11,14H,12-13,15-16H2,1-4H3. The molecule has 0 fully saturated rings. The highest BCUT2D eigenvalue weighted by atomic mass is 32.2. The molecular weight excluding hydrogens is 376 g/mol. The van der Waals surface area contributed by atoms with E-state index in [9.17, 15) is 4.79 Å². The maximum atomic E-state index is 11.9. The molecule has 4 nitrogen and oxygen atoms in total. The first kappa shape index (κ1) is 21.5. The summed E-state index contributed by atoms with van der Waals surface area (Å²) in [6.07, 6.45) is 0. The summed E-state index contributed by atoms with van der Waals surface area (Å²) >= 11 is 1.63. The average molecular weight is 405 g/mol. The number of methoxy groups -OCH3 is 1. The van der Waals surface area contributed by atoms with Crippen LogP contribution in [0.1, 0.15) is 15.9 Å². The van der Waals surface area contributed by atoms with Gasteiger partial charge in [-0.2, -0.15) is 0 Å². The molecule has 0 unspecified atom stereocenters. The zero-order valence-corrected chi connectivity index (χ0v) is 18.3. The van der Waals surface area contributed by atoms with Crippen molar-refractivity contribution in [3.63, 3.8) is 0 Å². The molecule has 2 rings (SSSR count). The average Bonchev–Trinajstić information content (AvgIpc) is 2.66. The van der Waals surface area contributed by atoms with Crippen molar-refractivity contribution in [2.45, 2.75) is 36.3 Å². The van der Waals surface area contributed by atoms with E-state index in [1.165, 1.54) is 12.7 Å². The third kappa shape index (κ3) is 7.78. The number of carbonyl (C=O) groups is 1. The van der Waals surface area contributed by atoms with Gasteiger partial charge in [0.2, 0.25) is 0 Å². The van der Waals surface area contributed by atoms with Crippen molar-refractivity contribution in [2.75, 3.05) is 20.5 Å². The highest BCUT2D eigenvalue weighted by molar-refractivity contribution is 7.98. The van der Waals surface area contributed by atoms with E-state index in [1.54, 1.807) is 23.9 Å². The number of hydrogen-bond donors (Lipinski definition) is 0. The first-order valence-electron chi connectivity index (χ1n) is 8.99. The predicted molar refractivity (Wildman–Crippen MR) is 113 cm³/mol. The van der Waals surface area contributed by atoms with Crippen LogP contribution in [0.15, 0.2) is 53.4 Å². The molecule has 146 valence electrons. The molecule has 0 saturated heterocycles. The lowest BCUT2D eigenvalue weighted by atomic mass is 10.2. The van der Waals surface area contributed by atoms with Crippen LogP contribution in [0.4, 0.5) is 0 Å². The topological polar surface area (TPSA) is 44.8 Å². The summed E-state index contributed by atoms with van der Waals surface area (Å²) in [6.45, 7) is 7.88. The van der Waals surface area contributed by atoms with Gasteiger partial charge in [-0.15, -0.1) is 11.8 Å². The van der Waals surface area contributed by atoms with E-state index in [1.807, 2.05) is 24.3 Å². The summed E-state index contributed by atoms with van der Waals surface area (Å²) in [5.41, 5.74) is 1.73. The minimum atomic E-state index is -1.11. The molecule has 0 saturated carbocycles. The van der Waals surface area contributed by atoms with Gasteiger partial charge in [-0.05, 0) is 29.8 Å². The van der Waals surface area contributed by atoms with Crippen molar-refractivity contribution in [3.8, 4) is 5.75 Å². The second-order valence-electron chi connectivity index (χ2n) is 7.41. The minimum Gasteiger partial charge on any atom is -0.466 e. The third-order valence-electron chi connectivity index (χ3n) is 3.90. The molecule has 6 heteroatoms. The Balaban J connectivity index is 2.02. The SMILES string of the molecule is COC(=O)c1ccc(OCOCC[Si](C)(C)C)c(SCc2ccccc2)c1. The van der Waals surface area contributed by atoms with E-state index >= 15 is 0 Å². The van der Waals surface area contributed by atoms with Crippen molar-refractivity contribution in [1.82, 2.24) is 0 Å². The van der Waals surface area contributed by atoms with Crippen LogP contribution >= 0.6 is 11.8 Å².